The highest BCUT2D eigenvalue weighted by Crippen LogP contribution is 2.34. The number of hydrogen-bond acceptors (Lipinski definition) is 3. The van der Waals surface area contributed by atoms with Crippen LogP contribution in [0.25, 0.3) is 10.9 Å². The van der Waals surface area contributed by atoms with E-state index in [1.54, 1.807) is 0 Å². The van der Waals surface area contributed by atoms with Crippen molar-refractivity contribution in [3.8, 4) is 0 Å². The smallest absolute Gasteiger partial charge is 0.321 e. The quantitative estimate of drug-likeness (QED) is 0.541. The monoisotopic (exact) mass is 255 g/mol. The van der Waals surface area contributed by atoms with E-state index in [1.165, 1.54) is 24.3 Å². The maximum atomic E-state index is 11.0. The molecule has 0 amide bonds. The summed E-state index contributed by atoms with van der Waals surface area (Å²) in [6.07, 6.45) is 0.982. The van der Waals surface area contributed by atoms with Crippen LogP contribution in [-0.2, 0) is 4.57 Å². The number of rotatable bonds is 2. The first-order valence-corrected chi connectivity index (χ1v) is 6.12. The average molecular weight is 255 g/mol. The van der Waals surface area contributed by atoms with Gasteiger partial charge in [-0.2, -0.15) is 0 Å². The van der Waals surface area contributed by atoms with Crippen molar-refractivity contribution in [3.63, 3.8) is 0 Å². The lowest BCUT2D eigenvalue weighted by Gasteiger charge is -2.04. The third kappa shape index (κ3) is 2.16. The molecule has 0 aliphatic heterocycles. The summed E-state index contributed by atoms with van der Waals surface area (Å²) in [5.74, 6) is 0. The zero-order valence-corrected chi connectivity index (χ0v) is 9.28. The third-order valence-electron chi connectivity index (χ3n) is 2.22. The van der Waals surface area contributed by atoms with Gasteiger partial charge in [0, 0.05) is 17.6 Å². The zero-order chi connectivity index (χ0) is 12.6. The van der Waals surface area contributed by atoms with Gasteiger partial charge in [-0.3, -0.25) is 4.57 Å². The van der Waals surface area contributed by atoms with E-state index >= 15 is 0 Å². The zero-order valence-electron chi connectivity index (χ0n) is 8.39. The molecule has 0 saturated heterocycles. The van der Waals surface area contributed by atoms with Gasteiger partial charge < -0.3 is 9.79 Å². The Morgan fingerprint density at radius 1 is 1.29 bits per heavy atom. The summed E-state index contributed by atoms with van der Waals surface area (Å²) in [6.45, 7) is 0. The van der Waals surface area contributed by atoms with Crippen LogP contribution < -0.4 is 5.30 Å². The van der Waals surface area contributed by atoms with Crippen LogP contribution in [-0.4, -0.2) is 24.9 Å². The summed E-state index contributed by atoms with van der Waals surface area (Å²) >= 11 is 0. The summed E-state index contributed by atoms with van der Waals surface area (Å²) in [6, 6.07) is 5.59. The van der Waals surface area contributed by atoms with Gasteiger partial charge in [-0.15, -0.1) is 0 Å². The van der Waals surface area contributed by atoms with Gasteiger partial charge >= 0.3 is 13.3 Å². The summed E-state index contributed by atoms with van der Waals surface area (Å²) < 4.78 is 11.0. The van der Waals surface area contributed by atoms with Gasteiger partial charge in [0.05, 0.1) is 10.2 Å². The van der Waals surface area contributed by atoms with Crippen molar-refractivity contribution >= 4 is 29.5 Å². The molecular formula is C9H8N2O5P+. The summed E-state index contributed by atoms with van der Waals surface area (Å²) in [5.41, 5.74) is 0.0851. The van der Waals surface area contributed by atoms with Crippen LogP contribution in [0.5, 0.6) is 0 Å². The average Bonchev–Trinajstić information content (AvgIpc) is 2.26. The van der Waals surface area contributed by atoms with Gasteiger partial charge in [0.25, 0.3) is 4.92 Å². The van der Waals surface area contributed by atoms with Crippen molar-refractivity contribution in [1.29, 1.82) is 0 Å². The maximum Gasteiger partial charge on any atom is 0.357 e. The summed E-state index contributed by atoms with van der Waals surface area (Å²) in [5, 5.41) is 8.96. The Bertz CT molecular complexity index is 651. The fourth-order valence-electron chi connectivity index (χ4n) is 1.45. The fourth-order valence-corrected chi connectivity index (χ4v) is 1.96. The van der Waals surface area contributed by atoms with E-state index in [0.717, 1.165) is 6.20 Å². The number of pyridine rings is 1. The lowest BCUT2D eigenvalue weighted by atomic mass is 10.2. The van der Waals surface area contributed by atoms with Crippen molar-refractivity contribution in [2.45, 2.75) is 0 Å². The van der Waals surface area contributed by atoms with Crippen molar-refractivity contribution in [2.24, 2.45) is 0 Å². The van der Waals surface area contributed by atoms with Crippen molar-refractivity contribution in [3.05, 3.63) is 35.4 Å². The largest absolute Gasteiger partial charge is 0.357 e. The molecule has 17 heavy (non-hydrogen) atoms. The molecule has 8 heteroatoms. The number of aromatic nitrogens is 1. The Kier molecular flexibility index (Phi) is 2.66. The topological polar surface area (TPSA) is 111 Å². The Morgan fingerprint density at radius 2 is 2.00 bits per heavy atom. The maximum absolute atomic E-state index is 11.0. The molecule has 0 aliphatic rings. The van der Waals surface area contributed by atoms with Gasteiger partial charge in [-0.1, -0.05) is 12.1 Å². The molecule has 0 aliphatic carbocycles. The van der Waals surface area contributed by atoms with Crippen LogP contribution in [0.1, 0.15) is 0 Å². The van der Waals surface area contributed by atoms with Gasteiger partial charge in [-0.05, 0) is 6.07 Å². The second kappa shape index (κ2) is 3.89. The minimum Gasteiger partial charge on any atom is -0.321 e. The molecule has 2 aromatic rings. The van der Waals surface area contributed by atoms with Crippen molar-refractivity contribution in [2.75, 3.05) is 0 Å². The number of hydrogen-bond donors (Lipinski definition) is 3. The Balaban J connectivity index is 2.74. The molecule has 0 fully saturated rings. The van der Waals surface area contributed by atoms with Gasteiger partial charge in [0.15, 0.2) is 5.52 Å². The van der Waals surface area contributed by atoms with E-state index < -0.39 is 7.60 Å². The van der Waals surface area contributed by atoms with E-state index in [4.69, 9.17) is 15.0 Å². The number of para-hydroxylation sites is 1. The molecule has 0 unspecified atom stereocenters. The first kappa shape index (κ1) is 11.7. The van der Waals surface area contributed by atoms with Crippen LogP contribution >= 0.6 is 7.60 Å². The van der Waals surface area contributed by atoms with Gasteiger partial charge in [0.2, 0.25) is 0 Å². The summed E-state index contributed by atoms with van der Waals surface area (Å²) in [4.78, 5) is 32.2. The number of nitrogens with zero attached hydrogens (tertiary/aromatic N) is 2. The highest BCUT2D eigenvalue weighted by Gasteiger charge is 2.22. The molecule has 0 atom stereocenters. The van der Waals surface area contributed by atoms with Crippen LogP contribution in [0.3, 0.4) is 0 Å². The Hall–Kier alpha value is -1.82. The van der Waals surface area contributed by atoms with Crippen LogP contribution in [0.2, 0.25) is 0 Å². The van der Waals surface area contributed by atoms with E-state index in [0.29, 0.717) is 5.39 Å². The predicted molar refractivity (Wildman–Crippen MR) is 58.5 cm³/mol. The lowest BCUT2D eigenvalue weighted by molar-refractivity contribution is -0.728. The fraction of sp³-hybridized carbons (Fsp3) is 0. The molecule has 0 radical (unpaired) electrons. The standard InChI is InChI=1S/C9H7N2O5P/c12-11(13)8-3-1-2-6-4-7(17(14,15)16)5-10-9(6)8/h1-5H,(H2-,12,13,14,15,16)/p+1. The van der Waals surface area contributed by atoms with E-state index in [1.807, 2.05) is 0 Å². The number of benzene rings is 1. The first-order chi connectivity index (χ1) is 7.89. The van der Waals surface area contributed by atoms with Crippen molar-refractivity contribution in [1.82, 2.24) is 4.98 Å². The third-order valence-corrected chi connectivity index (χ3v) is 3.13. The predicted octanol–water partition coefficient (Wildman–Crippen LogP) is 0.837. The minimum absolute atomic E-state index is 0.0836. The van der Waals surface area contributed by atoms with E-state index in [2.05, 4.69) is 4.98 Å². The van der Waals surface area contributed by atoms with Crippen molar-refractivity contribution < 1.29 is 24.5 Å². The van der Waals surface area contributed by atoms with Gasteiger partial charge in [-0.25, -0.2) is 10.2 Å². The van der Waals surface area contributed by atoms with Crippen LogP contribution in [0.4, 0.5) is 5.69 Å². The first-order valence-electron chi connectivity index (χ1n) is 4.50. The summed E-state index contributed by atoms with van der Waals surface area (Å²) in [7, 11) is -4.38. The van der Waals surface area contributed by atoms with Crippen LogP contribution in [0, 0.1) is 4.91 Å². The Morgan fingerprint density at radius 3 is 2.59 bits per heavy atom. The minimum atomic E-state index is -4.38. The molecular weight excluding hydrogens is 247 g/mol. The van der Waals surface area contributed by atoms with Gasteiger partial charge in [0.1, 0.15) is 0 Å². The molecule has 2 rings (SSSR count). The molecule has 7 nitrogen and oxygen atoms in total. The highest BCUT2D eigenvalue weighted by atomic mass is 31.2. The highest BCUT2D eigenvalue weighted by molar-refractivity contribution is 7.60. The second-order valence-corrected chi connectivity index (χ2v) is 4.96. The molecule has 1 heterocycles. The van der Waals surface area contributed by atoms with E-state index in [9.17, 15) is 9.47 Å². The van der Waals surface area contributed by atoms with Crippen LogP contribution in [0.15, 0.2) is 30.5 Å². The number of fused-ring (bicyclic) bond motifs is 1. The molecule has 1 aromatic carbocycles. The van der Waals surface area contributed by atoms with E-state index in [-0.39, 0.29) is 21.4 Å². The molecule has 0 spiro atoms. The molecule has 3 N–H and O–H groups in total. The normalized spacial score (nSPS) is 11.6. The lowest BCUT2D eigenvalue weighted by Crippen LogP contribution is -2.05. The molecule has 88 valence electrons. The second-order valence-electron chi connectivity index (χ2n) is 3.36. The SMILES string of the molecule is O=[N+](O)c1cccc2cc(P(=O)(O)O)cnc12. The molecule has 0 saturated carbocycles. The molecule has 1 aromatic heterocycles. The molecule has 0 bridgehead atoms. The Labute approximate surface area is 95.0 Å².